The third-order valence-corrected chi connectivity index (χ3v) is 2.97. The topological polar surface area (TPSA) is 59.6 Å². The van der Waals surface area contributed by atoms with E-state index >= 15 is 0 Å². The summed E-state index contributed by atoms with van der Waals surface area (Å²) in [4.78, 5) is 12.2. The molecule has 0 saturated heterocycles. The monoisotopic (exact) mass is 294 g/mol. The molecule has 0 heterocycles. The molecule has 0 aliphatic rings. The summed E-state index contributed by atoms with van der Waals surface area (Å²) in [7, 11) is 0. The van der Waals surface area contributed by atoms with Gasteiger partial charge < -0.3 is 20.1 Å². The van der Waals surface area contributed by atoms with Gasteiger partial charge in [-0.2, -0.15) is 0 Å². The fourth-order valence-electron chi connectivity index (χ4n) is 1.85. The molecule has 5 nitrogen and oxygen atoms in total. The first kappa shape index (κ1) is 17.3. The van der Waals surface area contributed by atoms with Crippen molar-refractivity contribution in [1.29, 1.82) is 0 Å². The van der Waals surface area contributed by atoms with Crippen molar-refractivity contribution in [3.8, 4) is 11.5 Å². The fraction of sp³-hybridized carbons (Fsp3) is 0.562. The van der Waals surface area contributed by atoms with Crippen LogP contribution in [0.5, 0.6) is 11.5 Å². The Balaban J connectivity index is 2.82. The van der Waals surface area contributed by atoms with E-state index in [1.54, 1.807) is 6.07 Å². The number of ether oxygens (including phenoxy) is 2. The van der Waals surface area contributed by atoms with Crippen LogP contribution in [0.4, 0.5) is 5.69 Å². The number of hydrogen-bond acceptors (Lipinski definition) is 4. The number of amides is 1. The Hall–Kier alpha value is -1.75. The number of hydrogen-bond donors (Lipinski definition) is 2. The Labute approximate surface area is 127 Å². The highest BCUT2D eigenvalue weighted by Crippen LogP contribution is 2.29. The maximum atomic E-state index is 12.2. The number of benzene rings is 1. The first-order valence-corrected chi connectivity index (χ1v) is 7.53. The molecule has 0 aliphatic carbocycles. The zero-order valence-electron chi connectivity index (χ0n) is 13.4. The van der Waals surface area contributed by atoms with Crippen molar-refractivity contribution in [1.82, 2.24) is 5.32 Å². The number of anilines is 1. The summed E-state index contributed by atoms with van der Waals surface area (Å²) in [5.41, 5.74) is 0.649. The van der Waals surface area contributed by atoms with E-state index < -0.39 is 0 Å². The van der Waals surface area contributed by atoms with Crippen molar-refractivity contribution >= 4 is 11.6 Å². The summed E-state index contributed by atoms with van der Waals surface area (Å²) >= 11 is 0. The van der Waals surface area contributed by atoms with E-state index in [1.807, 2.05) is 39.8 Å². The Morgan fingerprint density at radius 1 is 1.19 bits per heavy atom. The largest absolute Gasteiger partial charge is 0.494 e. The normalized spacial score (nSPS) is 11.8. The van der Waals surface area contributed by atoms with Crippen molar-refractivity contribution in [3.05, 3.63) is 18.2 Å². The molecule has 1 unspecified atom stereocenters. The van der Waals surface area contributed by atoms with Gasteiger partial charge in [0.15, 0.2) is 0 Å². The van der Waals surface area contributed by atoms with Gasteiger partial charge in [-0.1, -0.05) is 13.8 Å². The third-order valence-electron chi connectivity index (χ3n) is 2.97. The maximum absolute atomic E-state index is 12.2. The molecule has 0 radical (unpaired) electrons. The molecule has 0 aromatic heterocycles. The van der Waals surface area contributed by atoms with Crippen LogP contribution in [-0.4, -0.2) is 32.2 Å². The smallest absolute Gasteiger partial charge is 0.228 e. The second-order valence-corrected chi connectivity index (χ2v) is 4.72. The van der Waals surface area contributed by atoms with Crippen LogP contribution >= 0.6 is 0 Å². The van der Waals surface area contributed by atoms with Gasteiger partial charge in [0.2, 0.25) is 5.91 Å². The molecule has 2 N–H and O–H groups in total. The van der Waals surface area contributed by atoms with Gasteiger partial charge in [0.05, 0.1) is 18.9 Å². The van der Waals surface area contributed by atoms with Gasteiger partial charge in [0, 0.05) is 18.5 Å². The summed E-state index contributed by atoms with van der Waals surface area (Å²) in [6, 6.07) is 5.46. The molecule has 0 saturated carbocycles. The number of nitrogens with one attached hydrogen (secondary N) is 2. The maximum Gasteiger partial charge on any atom is 0.228 e. The van der Waals surface area contributed by atoms with Crippen molar-refractivity contribution in [2.75, 3.05) is 31.6 Å². The lowest BCUT2D eigenvalue weighted by Gasteiger charge is -2.16. The predicted molar refractivity (Wildman–Crippen MR) is 85.1 cm³/mol. The Morgan fingerprint density at radius 3 is 2.52 bits per heavy atom. The predicted octanol–water partition coefficient (Wildman–Crippen LogP) is 2.67. The number of carbonyl (C=O) groups excluding carboxylic acids is 1. The van der Waals surface area contributed by atoms with Crippen LogP contribution in [0.1, 0.15) is 27.7 Å². The van der Waals surface area contributed by atoms with Crippen LogP contribution in [0.3, 0.4) is 0 Å². The Morgan fingerprint density at radius 2 is 1.90 bits per heavy atom. The number of carbonyl (C=O) groups is 1. The number of rotatable bonds is 9. The first-order chi connectivity index (χ1) is 10.1. The van der Waals surface area contributed by atoms with Gasteiger partial charge in [-0.25, -0.2) is 0 Å². The van der Waals surface area contributed by atoms with Crippen molar-refractivity contribution in [3.63, 3.8) is 0 Å². The zero-order chi connectivity index (χ0) is 15.7. The van der Waals surface area contributed by atoms with Gasteiger partial charge in [-0.3, -0.25) is 4.79 Å². The summed E-state index contributed by atoms with van der Waals surface area (Å²) in [6.45, 7) is 10.4. The van der Waals surface area contributed by atoms with Gasteiger partial charge >= 0.3 is 0 Å². The summed E-state index contributed by atoms with van der Waals surface area (Å²) < 4.78 is 11.0. The van der Waals surface area contributed by atoms with E-state index in [4.69, 9.17) is 9.47 Å². The van der Waals surface area contributed by atoms with Crippen molar-refractivity contribution in [2.45, 2.75) is 27.7 Å². The molecule has 0 aliphatic heterocycles. The minimum Gasteiger partial charge on any atom is -0.494 e. The molecule has 21 heavy (non-hydrogen) atoms. The fourth-order valence-corrected chi connectivity index (χ4v) is 1.85. The highest BCUT2D eigenvalue weighted by molar-refractivity contribution is 5.94. The van der Waals surface area contributed by atoms with Gasteiger partial charge in [-0.15, -0.1) is 0 Å². The van der Waals surface area contributed by atoms with Gasteiger partial charge in [0.25, 0.3) is 0 Å². The van der Waals surface area contributed by atoms with Crippen molar-refractivity contribution < 1.29 is 14.3 Å². The molecule has 1 aromatic rings. The molecule has 0 spiro atoms. The van der Waals surface area contributed by atoms with E-state index in [2.05, 4.69) is 10.6 Å². The summed E-state index contributed by atoms with van der Waals surface area (Å²) in [5, 5.41) is 6.09. The van der Waals surface area contributed by atoms with Crippen molar-refractivity contribution in [2.24, 2.45) is 5.92 Å². The molecular formula is C16H26N2O3. The minimum atomic E-state index is -0.116. The Kier molecular flexibility index (Phi) is 7.61. The molecule has 1 rings (SSSR count). The quantitative estimate of drug-likeness (QED) is 0.735. The average Bonchev–Trinajstić information content (AvgIpc) is 2.47. The van der Waals surface area contributed by atoms with E-state index in [1.165, 1.54) is 0 Å². The summed E-state index contributed by atoms with van der Waals surface area (Å²) in [5.74, 6) is 1.22. The lowest BCUT2D eigenvalue weighted by atomic mass is 10.1. The minimum absolute atomic E-state index is 0.0365. The lowest BCUT2D eigenvalue weighted by Crippen LogP contribution is -2.30. The third kappa shape index (κ3) is 5.63. The van der Waals surface area contributed by atoms with Crippen LogP contribution in [0.15, 0.2) is 18.2 Å². The highest BCUT2D eigenvalue weighted by Gasteiger charge is 2.15. The van der Waals surface area contributed by atoms with Crippen LogP contribution in [0.2, 0.25) is 0 Å². The second-order valence-electron chi connectivity index (χ2n) is 4.72. The van der Waals surface area contributed by atoms with E-state index in [0.29, 0.717) is 31.2 Å². The lowest BCUT2D eigenvalue weighted by molar-refractivity contribution is -0.119. The van der Waals surface area contributed by atoms with Crippen LogP contribution in [0.25, 0.3) is 0 Å². The highest BCUT2D eigenvalue weighted by atomic mass is 16.5. The van der Waals surface area contributed by atoms with Crippen LogP contribution < -0.4 is 20.1 Å². The average molecular weight is 294 g/mol. The SMILES string of the molecule is CCNCC(C)C(=O)Nc1cc(OCC)ccc1OCC. The molecule has 118 valence electrons. The van der Waals surface area contributed by atoms with Gasteiger partial charge in [0.1, 0.15) is 11.5 Å². The van der Waals surface area contributed by atoms with E-state index in [0.717, 1.165) is 12.3 Å². The molecule has 0 bridgehead atoms. The van der Waals surface area contributed by atoms with Crippen LogP contribution in [0, 0.1) is 5.92 Å². The van der Waals surface area contributed by atoms with Crippen LogP contribution in [-0.2, 0) is 4.79 Å². The standard InChI is InChI=1S/C16H26N2O3/c1-5-17-11-12(4)16(19)18-14-10-13(20-6-2)8-9-15(14)21-7-3/h8-10,12,17H,5-7,11H2,1-4H3,(H,18,19). The molecule has 0 fully saturated rings. The molecule has 1 aromatic carbocycles. The van der Waals surface area contributed by atoms with E-state index in [9.17, 15) is 4.79 Å². The second kappa shape index (κ2) is 9.23. The molecule has 5 heteroatoms. The first-order valence-electron chi connectivity index (χ1n) is 7.53. The Bertz CT molecular complexity index is 449. The molecule has 1 atom stereocenters. The molecule has 1 amide bonds. The van der Waals surface area contributed by atoms with E-state index in [-0.39, 0.29) is 11.8 Å². The zero-order valence-corrected chi connectivity index (χ0v) is 13.4. The van der Waals surface area contributed by atoms with Gasteiger partial charge in [-0.05, 0) is 32.5 Å². The summed E-state index contributed by atoms with van der Waals surface area (Å²) in [6.07, 6.45) is 0. The molecular weight excluding hydrogens is 268 g/mol.